The van der Waals surface area contributed by atoms with Crippen molar-refractivity contribution in [1.29, 1.82) is 0 Å². The Hall–Kier alpha value is -3.48. The fraction of sp³-hybridized carbons (Fsp3) is 0.200. The van der Waals surface area contributed by atoms with Crippen LogP contribution in [-0.2, 0) is 4.79 Å². The van der Waals surface area contributed by atoms with Crippen LogP contribution in [0.2, 0.25) is 0 Å². The van der Waals surface area contributed by atoms with Crippen LogP contribution in [0.15, 0.2) is 52.9 Å². The van der Waals surface area contributed by atoms with Crippen LogP contribution in [0, 0.1) is 6.92 Å². The molecular weight excluding hydrogens is 344 g/mol. The van der Waals surface area contributed by atoms with Gasteiger partial charge in [0.1, 0.15) is 0 Å². The molecule has 3 aromatic rings. The lowest BCUT2D eigenvalue weighted by Crippen LogP contribution is -2.33. The molecule has 2 N–H and O–H groups in total. The maximum absolute atomic E-state index is 12.1. The van der Waals surface area contributed by atoms with Crippen LogP contribution >= 0.6 is 0 Å². The summed E-state index contributed by atoms with van der Waals surface area (Å²) in [4.78, 5) is 22.9. The average molecular weight is 364 g/mol. The van der Waals surface area contributed by atoms with E-state index in [1.807, 2.05) is 31.2 Å². The van der Waals surface area contributed by atoms with E-state index in [0.717, 1.165) is 16.7 Å². The second kappa shape index (κ2) is 8.27. The molecule has 0 saturated heterocycles. The van der Waals surface area contributed by atoms with E-state index in [1.54, 1.807) is 24.3 Å². The SMILES string of the molecule is CC(=O)NCCNC(=O)c1ccc(-c2nnc(-c3ccc(C)cc3)o2)cc1. The Kier molecular flexibility index (Phi) is 5.61. The largest absolute Gasteiger partial charge is 0.416 e. The monoisotopic (exact) mass is 364 g/mol. The molecule has 27 heavy (non-hydrogen) atoms. The predicted molar refractivity (Wildman–Crippen MR) is 101 cm³/mol. The molecule has 0 aliphatic carbocycles. The third-order valence-corrected chi connectivity index (χ3v) is 3.90. The highest BCUT2D eigenvalue weighted by Gasteiger charge is 2.11. The lowest BCUT2D eigenvalue weighted by atomic mass is 10.1. The van der Waals surface area contributed by atoms with Gasteiger partial charge < -0.3 is 15.1 Å². The summed E-state index contributed by atoms with van der Waals surface area (Å²) < 4.78 is 5.73. The molecule has 0 radical (unpaired) electrons. The van der Waals surface area contributed by atoms with Crippen molar-refractivity contribution < 1.29 is 14.0 Å². The number of nitrogens with one attached hydrogen (secondary N) is 2. The zero-order chi connectivity index (χ0) is 19.2. The molecule has 2 aromatic carbocycles. The minimum atomic E-state index is -0.210. The molecule has 7 nitrogen and oxygen atoms in total. The summed E-state index contributed by atoms with van der Waals surface area (Å²) in [6.45, 7) is 4.20. The number of aryl methyl sites for hydroxylation is 1. The van der Waals surface area contributed by atoms with Gasteiger partial charge >= 0.3 is 0 Å². The van der Waals surface area contributed by atoms with Crippen LogP contribution in [0.3, 0.4) is 0 Å². The van der Waals surface area contributed by atoms with Gasteiger partial charge in [-0.15, -0.1) is 10.2 Å². The molecular formula is C20H20N4O3. The summed E-state index contributed by atoms with van der Waals surface area (Å²) in [7, 11) is 0. The van der Waals surface area contributed by atoms with Gasteiger partial charge in [0.2, 0.25) is 17.7 Å². The first-order valence-corrected chi connectivity index (χ1v) is 8.56. The summed E-state index contributed by atoms with van der Waals surface area (Å²) >= 11 is 0. The van der Waals surface area contributed by atoms with Crippen LogP contribution in [0.5, 0.6) is 0 Å². The number of rotatable bonds is 6. The van der Waals surface area contributed by atoms with Gasteiger partial charge in [0.05, 0.1) is 0 Å². The first-order chi connectivity index (χ1) is 13.0. The Morgan fingerprint density at radius 2 is 1.37 bits per heavy atom. The molecule has 1 aromatic heterocycles. The standard InChI is InChI=1S/C20H20N4O3/c1-13-3-5-16(6-4-13)19-23-24-20(27-19)17-9-7-15(8-10-17)18(26)22-12-11-21-14(2)25/h3-10H,11-12H2,1-2H3,(H,21,25)(H,22,26). The maximum Gasteiger partial charge on any atom is 0.251 e. The Balaban J connectivity index is 1.64. The molecule has 0 aliphatic rings. The van der Waals surface area contributed by atoms with E-state index >= 15 is 0 Å². The Morgan fingerprint density at radius 3 is 1.93 bits per heavy atom. The number of hydrogen-bond donors (Lipinski definition) is 2. The molecule has 0 spiro atoms. The Morgan fingerprint density at radius 1 is 0.852 bits per heavy atom. The van der Waals surface area contributed by atoms with Crippen LogP contribution in [0.25, 0.3) is 22.9 Å². The molecule has 7 heteroatoms. The van der Waals surface area contributed by atoms with Crippen LogP contribution < -0.4 is 10.6 Å². The van der Waals surface area contributed by atoms with Crippen molar-refractivity contribution in [3.05, 3.63) is 59.7 Å². The molecule has 0 fully saturated rings. The fourth-order valence-corrected chi connectivity index (χ4v) is 2.43. The van der Waals surface area contributed by atoms with Crippen molar-refractivity contribution in [3.8, 4) is 22.9 Å². The zero-order valence-electron chi connectivity index (χ0n) is 15.2. The number of aromatic nitrogens is 2. The van der Waals surface area contributed by atoms with Crippen molar-refractivity contribution in [2.75, 3.05) is 13.1 Å². The van der Waals surface area contributed by atoms with Gasteiger partial charge in [-0.05, 0) is 43.3 Å². The van der Waals surface area contributed by atoms with Crippen molar-refractivity contribution in [1.82, 2.24) is 20.8 Å². The van der Waals surface area contributed by atoms with Gasteiger partial charge in [-0.1, -0.05) is 17.7 Å². The van der Waals surface area contributed by atoms with E-state index in [4.69, 9.17) is 4.42 Å². The van der Waals surface area contributed by atoms with Gasteiger partial charge in [0.15, 0.2) is 0 Å². The van der Waals surface area contributed by atoms with Crippen LogP contribution in [0.4, 0.5) is 0 Å². The van der Waals surface area contributed by atoms with Gasteiger partial charge in [-0.25, -0.2) is 0 Å². The molecule has 138 valence electrons. The molecule has 1 heterocycles. The molecule has 3 rings (SSSR count). The predicted octanol–water partition coefficient (Wildman–Crippen LogP) is 2.58. The first-order valence-electron chi connectivity index (χ1n) is 8.56. The number of amides is 2. The second-order valence-electron chi connectivity index (χ2n) is 6.09. The van der Waals surface area contributed by atoms with Gasteiger partial charge in [0, 0.05) is 36.7 Å². The summed E-state index contributed by atoms with van der Waals surface area (Å²) in [5.41, 5.74) is 3.26. The number of benzene rings is 2. The minimum absolute atomic E-state index is 0.127. The number of carbonyl (C=O) groups excluding carboxylic acids is 2. The van der Waals surface area contributed by atoms with Crippen LogP contribution in [-0.4, -0.2) is 35.1 Å². The topological polar surface area (TPSA) is 97.1 Å². The lowest BCUT2D eigenvalue weighted by Gasteiger charge is -2.06. The minimum Gasteiger partial charge on any atom is -0.416 e. The van der Waals surface area contributed by atoms with E-state index in [2.05, 4.69) is 20.8 Å². The fourth-order valence-electron chi connectivity index (χ4n) is 2.43. The quantitative estimate of drug-likeness (QED) is 0.655. The molecule has 0 saturated carbocycles. The van der Waals surface area contributed by atoms with Crippen molar-refractivity contribution in [2.24, 2.45) is 0 Å². The van der Waals surface area contributed by atoms with E-state index in [-0.39, 0.29) is 11.8 Å². The summed E-state index contributed by atoms with van der Waals surface area (Å²) in [5, 5.41) is 13.5. The molecule has 0 atom stereocenters. The smallest absolute Gasteiger partial charge is 0.251 e. The number of carbonyl (C=O) groups is 2. The third-order valence-electron chi connectivity index (χ3n) is 3.90. The van der Waals surface area contributed by atoms with Crippen LogP contribution in [0.1, 0.15) is 22.8 Å². The van der Waals surface area contributed by atoms with Crippen molar-refractivity contribution in [2.45, 2.75) is 13.8 Å². The highest BCUT2D eigenvalue weighted by atomic mass is 16.4. The van der Waals surface area contributed by atoms with Crippen molar-refractivity contribution in [3.63, 3.8) is 0 Å². The zero-order valence-corrected chi connectivity index (χ0v) is 15.2. The van der Waals surface area contributed by atoms with E-state index in [9.17, 15) is 9.59 Å². The lowest BCUT2D eigenvalue weighted by molar-refractivity contribution is -0.118. The molecule has 0 bridgehead atoms. The van der Waals surface area contributed by atoms with Gasteiger partial charge in [-0.2, -0.15) is 0 Å². The third kappa shape index (κ3) is 4.78. The van der Waals surface area contributed by atoms with Gasteiger partial charge in [-0.3, -0.25) is 9.59 Å². The summed E-state index contributed by atoms with van der Waals surface area (Å²) in [6, 6.07) is 14.7. The summed E-state index contributed by atoms with van der Waals surface area (Å²) in [6.07, 6.45) is 0. The van der Waals surface area contributed by atoms with E-state index < -0.39 is 0 Å². The van der Waals surface area contributed by atoms with Crippen molar-refractivity contribution >= 4 is 11.8 Å². The summed E-state index contributed by atoms with van der Waals surface area (Å²) in [5.74, 6) is 0.504. The number of nitrogens with zero attached hydrogens (tertiary/aromatic N) is 2. The Labute approximate surface area is 156 Å². The van der Waals surface area contributed by atoms with E-state index in [0.29, 0.717) is 30.4 Å². The highest BCUT2D eigenvalue weighted by Crippen LogP contribution is 2.24. The van der Waals surface area contributed by atoms with Gasteiger partial charge in [0.25, 0.3) is 5.91 Å². The average Bonchev–Trinajstić information content (AvgIpc) is 3.16. The maximum atomic E-state index is 12.1. The molecule has 0 aliphatic heterocycles. The molecule has 0 unspecified atom stereocenters. The molecule has 2 amide bonds. The Bertz CT molecular complexity index is 931. The highest BCUT2D eigenvalue weighted by molar-refractivity contribution is 5.94. The second-order valence-corrected chi connectivity index (χ2v) is 6.09. The first kappa shape index (κ1) is 18.3. The number of hydrogen-bond acceptors (Lipinski definition) is 5. The normalized spacial score (nSPS) is 10.4. The van der Waals surface area contributed by atoms with E-state index in [1.165, 1.54) is 6.92 Å².